The molecule has 0 radical (unpaired) electrons. The van der Waals surface area contributed by atoms with Crippen LogP contribution in [0.3, 0.4) is 0 Å². The lowest BCUT2D eigenvalue weighted by Gasteiger charge is -2.18. The first kappa shape index (κ1) is 20.1. The maximum Gasteiger partial charge on any atom is 0.240 e. The van der Waals surface area contributed by atoms with Gasteiger partial charge in [0.25, 0.3) is 0 Å². The summed E-state index contributed by atoms with van der Waals surface area (Å²) in [5, 5.41) is 7.27. The molecule has 1 atom stereocenters. The summed E-state index contributed by atoms with van der Waals surface area (Å²) < 4.78 is 29.9. The predicted molar refractivity (Wildman–Crippen MR) is 110 cm³/mol. The van der Waals surface area contributed by atoms with Gasteiger partial charge in [-0.15, -0.1) is 0 Å². The Labute approximate surface area is 171 Å². The third-order valence-corrected chi connectivity index (χ3v) is 7.42. The highest BCUT2D eigenvalue weighted by Gasteiger charge is 2.29. The van der Waals surface area contributed by atoms with Crippen molar-refractivity contribution in [1.82, 2.24) is 19.8 Å². The van der Waals surface area contributed by atoms with Crippen LogP contribution in [0.25, 0.3) is 0 Å². The van der Waals surface area contributed by atoms with Crippen LogP contribution in [0.15, 0.2) is 41.6 Å². The number of amides is 1. The van der Waals surface area contributed by atoms with E-state index in [4.69, 9.17) is 0 Å². The van der Waals surface area contributed by atoms with E-state index in [0.29, 0.717) is 19.5 Å². The van der Waals surface area contributed by atoms with Crippen molar-refractivity contribution in [3.63, 3.8) is 0 Å². The first-order valence-electron chi connectivity index (χ1n) is 10.4. The maximum atomic E-state index is 12.7. The summed E-state index contributed by atoms with van der Waals surface area (Å²) in [6.45, 7) is 1.01. The Hall–Kier alpha value is -2.19. The van der Waals surface area contributed by atoms with E-state index in [1.165, 1.54) is 0 Å². The average molecular weight is 417 g/mol. The number of nitrogens with zero attached hydrogens (tertiary/aromatic N) is 2. The lowest BCUT2D eigenvalue weighted by atomic mass is 10.0. The standard InChI is InChI=1S/C21H28N4O3S/c26-21(17-5-1-2-6-17)24-20-10-8-16-7-9-18(15-19(16)20)29(27,28)23-12-4-14-25-13-3-11-22-25/h3,7,9,11,13,15,17,20,23H,1-2,4-6,8,10,12,14H2,(H,24,26)/t20-/m1/s1. The SMILES string of the molecule is O=C(N[C@@H]1CCc2ccc(S(=O)(=O)NCCCn3cccn3)cc21)C1CCCC1. The topological polar surface area (TPSA) is 93.1 Å². The third kappa shape index (κ3) is 4.70. The molecule has 1 aromatic carbocycles. The number of aryl methyl sites for hydroxylation is 2. The van der Waals surface area contributed by atoms with Gasteiger partial charge in [-0.1, -0.05) is 18.9 Å². The maximum absolute atomic E-state index is 12.7. The number of benzene rings is 1. The summed E-state index contributed by atoms with van der Waals surface area (Å²) in [5.41, 5.74) is 2.06. The number of rotatable bonds is 8. The summed E-state index contributed by atoms with van der Waals surface area (Å²) in [6.07, 6.45) is 10.1. The van der Waals surface area contributed by atoms with Gasteiger partial charge in [-0.3, -0.25) is 9.48 Å². The fourth-order valence-electron chi connectivity index (χ4n) is 4.34. The van der Waals surface area contributed by atoms with Gasteiger partial charge in [-0.2, -0.15) is 5.10 Å². The van der Waals surface area contributed by atoms with Crippen LogP contribution in [0, 0.1) is 5.92 Å². The quantitative estimate of drug-likeness (QED) is 0.647. The van der Waals surface area contributed by atoms with E-state index in [-0.39, 0.29) is 22.8 Å². The molecule has 0 bridgehead atoms. The highest BCUT2D eigenvalue weighted by atomic mass is 32.2. The molecule has 4 rings (SSSR count). The van der Waals surface area contributed by atoms with Crippen LogP contribution in [0.5, 0.6) is 0 Å². The zero-order valence-electron chi connectivity index (χ0n) is 16.5. The highest BCUT2D eigenvalue weighted by Crippen LogP contribution is 2.34. The lowest BCUT2D eigenvalue weighted by Crippen LogP contribution is -2.32. The second-order valence-corrected chi connectivity index (χ2v) is 9.73. The minimum atomic E-state index is -3.58. The normalized spacial score (nSPS) is 19.4. The summed E-state index contributed by atoms with van der Waals surface area (Å²) in [4.78, 5) is 12.8. The van der Waals surface area contributed by atoms with E-state index >= 15 is 0 Å². The third-order valence-electron chi connectivity index (χ3n) is 5.96. The highest BCUT2D eigenvalue weighted by molar-refractivity contribution is 7.89. The zero-order chi connectivity index (χ0) is 20.3. The van der Waals surface area contributed by atoms with Crippen LogP contribution in [0.4, 0.5) is 0 Å². The van der Waals surface area contributed by atoms with E-state index in [1.807, 2.05) is 18.3 Å². The molecule has 1 saturated carbocycles. The summed E-state index contributed by atoms with van der Waals surface area (Å²) in [5.74, 6) is 0.229. The van der Waals surface area contributed by atoms with Crippen molar-refractivity contribution in [2.24, 2.45) is 5.92 Å². The Balaban J connectivity index is 1.39. The molecule has 29 heavy (non-hydrogen) atoms. The number of hydrogen-bond donors (Lipinski definition) is 2. The fraction of sp³-hybridized carbons (Fsp3) is 0.524. The van der Waals surface area contributed by atoms with Gasteiger partial charge < -0.3 is 5.32 Å². The largest absolute Gasteiger partial charge is 0.349 e. The molecule has 8 heteroatoms. The van der Waals surface area contributed by atoms with Crippen LogP contribution in [0.2, 0.25) is 0 Å². The number of carbonyl (C=O) groups excluding carboxylic acids is 1. The number of nitrogens with one attached hydrogen (secondary N) is 2. The monoisotopic (exact) mass is 416 g/mol. The molecular formula is C21H28N4O3S. The summed E-state index contributed by atoms with van der Waals surface area (Å²) >= 11 is 0. The molecule has 2 aromatic rings. The molecule has 2 aliphatic rings. The van der Waals surface area contributed by atoms with Crippen molar-refractivity contribution in [3.8, 4) is 0 Å². The van der Waals surface area contributed by atoms with E-state index in [1.54, 1.807) is 23.0 Å². The summed E-state index contributed by atoms with van der Waals surface area (Å²) in [7, 11) is -3.58. The molecule has 7 nitrogen and oxygen atoms in total. The van der Waals surface area contributed by atoms with Crippen LogP contribution in [0.1, 0.15) is 55.7 Å². The predicted octanol–water partition coefficient (Wildman–Crippen LogP) is 2.55. The van der Waals surface area contributed by atoms with E-state index < -0.39 is 10.0 Å². The molecule has 156 valence electrons. The second kappa shape index (κ2) is 8.67. The van der Waals surface area contributed by atoms with Crippen LogP contribution in [-0.2, 0) is 27.8 Å². The fourth-order valence-corrected chi connectivity index (χ4v) is 5.45. The summed E-state index contributed by atoms with van der Waals surface area (Å²) in [6, 6.07) is 7.03. The van der Waals surface area contributed by atoms with E-state index in [9.17, 15) is 13.2 Å². The Morgan fingerprint density at radius 1 is 1.21 bits per heavy atom. The van der Waals surface area contributed by atoms with Crippen molar-refractivity contribution in [3.05, 3.63) is 47.8 Å². The van der Waals surface area contributed by atoms with Gasteiger partial charge in [-0.25, -0.2) is 13.1 Å². The van der Waals surface area contributed by atoms with Crippen molar-refractivity contribution in [2.45, 2.75) is 62.4 Å². The van der Waals surface area contributed by atoms with Crippen LogP contribution < -0.4 is 10.0 Å². The molecule has 1 aromatic heterocycles. The number of aromatic nitrogens is 2. The molecule has 2 N–H and O–H groups in total. The number of fused-ring (bicyclic) bond motifs is 1. The van der Waals surface area contributed by atoms with E-state index in [0.717, 1.165) is 49.7 Å². The van der Waals surface area contributed by atoms with Gasteiger partial charge in [0.15, 0.2) is 0 Å². The first-order valence-corrected chi connectivity index (χ1v) is 11.9. The number of carbonyl (C=O) groups is 1. The molecule has 1 fully saturated rings. The molecule has 0 spiro atoms. The van der Waals surface area contributed by atoms with Crippen LogP contribution in [-0.4, -0.2) is 30.7 Å². The van der Waals surface area contributed by atoms with Gasteiger partial charge in [0, 0.05) is 31.4 Å². The Kier molecular flexibility index (Phi) is 6.01. The molecule has 0 unspecified atom stereocenters. The minimum Gasteiger partial charge on any atom is -0.349 e. The van der Waals surface area contributed by atoms with Gasteiger partial charge in [0.05, 0.1) is 10.9 Å². The molecule has 0 saturated heterocycles. The van der Waals surface area contributed by atoms with Gasteiger partial charge >= 0.3 is 0 Å². The minimum absolute atomic E-state index is 0.0898. The Morgan fingerprint density at radius 3 is 2.79 bits per heavy atom. The zero-order valence-corrected chi connectivity index (χ0v) is 17.3. The van der Waals surface area contributed by atoms with Crippen molar-refractivity contribution in [2.75, 3.05) is 6.54 Å². The van der Waals surface area contributed by atoms with Gasteiger partial charge in [-0.05, 0) is 61.4 Å². The lowest BCUT2D eigenvalue weighted by molar-refractivity contribution is -0.125. The van der Waals surface area contributed by atoms with Crippen molar-refractivity contribution < 1.29 is 13.2 Å². The molecule has 1 amide bonds. The Morgan fingerprint density at radius 2 is 2.03 bits per heavy atom. The molecule has 0 aliphatic heterocycles. The van der Waals surface area contributed by atoms with Crippen molar-refractivity contribution >= 4 is 15.9 Å². The Bertz CT molecular complexity index is 950. The van der Waals surface area contributed by atoms with Gasteiger partial charge in [0.1, 0.15) is 0 Å². The number of sulfonamides is 1. The first-order chi connectivity index (χ1) is 14.0. The smallest absolute Gasteiger partial charge is 0.240 e. The molecular weight excluding hydrogens is 388 g/mol. The molecule has 1 heterocycles. The second-order valence-electron chi connectivity index (χ2n) is 7.96. The molecule has 2 aliphatic carbocycles. The van der Waals surface area contributed by atoms with Crippen LogP contribution >= 0.6 is 0 Å². The van der Waals surface area contributed by atoms with E-state index in [2.05, 4.69) is 15.1 Å². The number of hydrogen-bond acceptors (Lipinski definition) is 4. The van der Waals surface area contributed by atoms with Gasteiger partial charge in [0.2, 0.25) is 15.9 Å². The average Bonchev–Trinajstić information content (AvgIpc) is 3.47. The van der Waals surface area contributed by atoms with Crippen molar-refractivity contribution in [1.29, 1.82) is 0 Å².